The average molecular weight is 552 g/mol. The molecule has 2 rings (SSSR count). The van der Waals surface area contributed by atoms with Gasteiger partial charge in [-0.05, 0) is 49.3 Å². The summed E-state index contributed by atoms with van der Waals surface area (Å²) in [4.78, 5) is 38.0. The molecule has 3 N–H and O–H groups in total. The molecular formula is C26H37N3O6S2. The summed E-state index contributed by atoms with van der Waals surface area (Å²) in [5.41, 5.74) is 0.791. The van der Waals surface area contributed by atoms with Crippen molar-refractivity contribution >= 4 is 43.4 Å². The number of rotatable bonds is 12. The first-order valence-electron chi connectivity index (χ1n) is 12.2. The van der Waals surface area contributed by atoms with Gasteiger partial charge in [0.1, 0.15) is 5.00 Å². The highest BCUT2D eigenvalue weighted by molar-refractivity contribution is 8.07. The van der Waals surface area contributed by atoms with Crippen molar-refractivity contribution in [1.29, 1.82) is 0 Å². The summed E-state index contributed by atoms with van der Waals surface area (Å²) in [7, 11) is -3.00. The maximum absolute atomic E-state index is 12.5. The highest BCUT2D eigenvalue weighted by Gasteiger charge is 2.47. The van der Waals surface area contributed by atoms with Crippen LogP contribution in [0.2, 0.25) is 0 Å². The first-order chi connectivity index (χ1) is 17.3. The molecule has 0 saturated carbocycles. The van der Waals surface area contributed by atoms with Gasteiger partial charge in [0.25, 0.3) is 0 Å². The monoisotopic (exact) mass is 551 g/mol. The number of methoxy groups -OCH3 is 1. The standard InChI is InChI=1S/C26H37N3O6S2/c1-8-27-25(32)37(33,34)29-23-22(14-21(36-23)13-16(2)3)20-11-9-19(10-12-20)15-28-26(17(4)5,18(6)30)24(31)35-7/h9-12,14,16-17,28-29H,8,13,15H2,1-7H3,(H,27,32). The number of anilines is 1. The first-order valence-corrected chi connectivity index (χ1v) is 14.5. The topological polar surface area (TPSA) is 131 Å². The molecule has 1 aromatic heterocycles. The van der Waals surface area contributed by atoms with E-state index in [2.05, 4.69) is 29.2 Å². The van der Waals surface area contributed by atoms with E-state index >= 15 is 0 Å². The van der Waals surface area contributed by atoms with Gasteiger partial charge in [-0.3, -0.25) is 19.6 Å². The smallest absolute Gasteiger partial charge is 0.357 e. The number of carbonyl (C=O) groups excluding carboxylic acids is 3. The molecule has 0 saturated heterocycles. The fourth-order valence-electron chi connectivity index (χ4n) is 4.03. The zero-order chi connectivity index (χ0) is 28.0. The minimum Gasteiger partial charge on any atom is -0.467 e. The second-order valence-electron chi connectivity index (χ2n) is 9.54. The Hall–Kier alpha value is -2.76. The van der Waals surface area contributed by atoms with Crippen molar-refractivity contribution < 1.29 is 27.5 Å². The number of carbonyl (C=O) groups is 3. The minimum atomic E-state index is -4.26. The van der Waals surface area contributed by atoms with Gasteiger partial charge in [-0.15, -0.1) is 11.3 Å². The van der Waals surface area contributed by atoms with Crippen LogP contribution in [0.1, 0.15) is 52.0 Å². The van der Waals surface area contributed by atoms with Crippen LogP contribution in [0.3, 0.4) is 0 Å². The van der Waals surface area contributed by atoms with E-state index in [9.17, 15) is 22.8 Å². The molecule has 0 aliphatic rings. The zero-order valence-corrected chi connectivity index (χ0v) is 24.1. The molecule has 0 spiro atoms. The lowest BCUT2D eigenvalue weighted by molar-refractivity contribution is -0.155. The molecule has 1 unspecified atom stereocenters. The highest BCUT2D eigenvalue weighted by atomic mass is 32.2. The predicted molar refractivity (Wildman–Crippen MR) is 147 cm³/mol. The zero-order valence-electron chi connectivity index (χ0n) is 22.4. The molecule has 11 heteroatoms. The van der Waals surface area contributed by atoms with Gasteiger partial charge in [0, 0.05) is 23.5 Å². The quantitative estimate of drug-likeness (QED) is 0.264. The molecule has 1 aromatic carbocycles. The van der Waals surface area contributed by atoms with Crippen LogP contribution in [-0.2, 0) is 37.3 Å². The second-order valence-corrected chi connectivity index (χ2v) is 12.3. The van der Waals surface area contributed by atoms with Crippen LogP contribution in [-0.4, -0.2) is 44.6 Å². The Morgan fingerprint density at radius 2 is 1.70 bits per heavy atom. The summed E-state index contributed by atoms with van der Waals surface area (Å²) in [5, 5.41) is 4.70. The number of hydrogen-bond acceptors (Lipinski definition) is 8. The van der Waals surface area contributed by atoms with Crippen molar-refractivity contribution in [1.82, 2.24) is 10.6 Å². The molecule has 1 atom stereocenters. The average Bonchev–Trinajstić information content (AvgIpc) is 3.19. The number of sulfonamides is 1. The van der Waals surface area contributed by atoms with Crippen molar-refractivity contribution in [3.63, 3.8) is 0 Å². The number of benzene rings is 1. The molecule has 0 fully saturated rings. The number of amides is 1. The number of ether oxygens (including phenoxy) is 1. The van der Waals surface area contributed by atoms with Gasteiger partial charge >= 0.3 is 21.2 Å². The lowest BCUT2D eigenvalue weighted by Gasteiger charge is -2.33. The Bertz CT molecular complexity index is 1220. The molecule has 0 aliphatic heterocycles. The third kappa shape index (κ3) is 7.18. The van der Waals surface area contributed by atoms with E-state index in [0.29, 0.717) is 16.5 Å². The van der Waals surface area contributed by atoms with Gasteiger partial charge in [-0.2, -0.15) is 8.42 Å². The van der Waals surface area contributed by atoms with Crippen LogP contribution in [0.4, 0.5) is 9.80 Å². The maximum atomic E-state index is 12.5. The fourth-order valence-corrected chi connectivity index (χ4v) is 6.45. The van der Waals surface area contributed by atoms with E-state index < -0.39 is 26.8 Å². The molecule has 9 nitrogen and oxygen atoms in total. The lowest BCUT2D eigenvalue weighted by atomic mass is 9.82. The predicted octanol–water partition coefficient (Wildman–Crippen LogP) is 4.33. The first kappa shape index (κ1) is 30.5. The number of Topliss-reactive ketones (excluding diaryl/α,β-unsaturated/α-hetero) is 1. The summed E-state index contributed by atoms with van der Waals surface area (Å²) in [6.45, 7) is 11.2. The van der Waals surface area contributed by atoms with Gasteiger partial charge in [0.05, 0.1) is 7.11 Å². The molecule has 0 aliphatic carbocycles. The molecular weight excluding hydrogens is 514 g/mol. The van der Waals surface area contributed by atoms with Gasteiger partial charge in [-0.1, -0.05) is 52.0 Å². The van der Waals surface area contributed by atoms with Crippen LogP contribution in [0.25, 0.3) is 11.1 Å². The van der Waals surface area contributed by atoms with Crippen LogP contribution >= 0.6 is 11.3 Å². The molecule has 1 amide bonds. The van der Waals surface area contributed by atoms with Crippen molar-refractivity contribution in [2.75, 3.05) is 18.4 Å². The number of esters is 1. The molecule has 2 aromatic rings. The lowest BCUT2D eigenvalue weighted by Crippen LogP contribution is -2.61. The Morgan fingerprint density at radius 3 is 2.19 bits per heavy atom. The molecule has 37 heavy (non-hydrogen) atoms. The SMILES string of the molecule is CCNC(=O)S(=O)(=O)Nc1sc(CC(C)C)cc1-c1ccc(CNC(C(C)=O)(C(=O)OC)C(C)C)cc1. The minimum absolute atomic E-state index is 0.197. The number of thiophene rings is 1. The Kier molecular flexibility index (Phi) is 10.4. The van der Waals surface area contributed by atoms with Crippen molar-refractivity contribution in [2.45, 2.75) is 60.0 Å². The van der Waals surface area contributed by atoms with Crippen LogP contribution in [0, 0.1) is 11.8 Å². The van der Waals surface area contributed by atoms with E-state index in [0.717, 1.165) is 22.4 Å². The summed E-state index contributed by atoms with van der Waals surface area (Å²) >= 11 is 1.30. The van der Waals surface area contributed by atoms with E-state index in [1.54, 1.807) is 20.8 Å². The van der Waals surface area contributed by atoms with E-state index in [-0.39, 0.29) is 24.8 Å². The Balaban J connectivity index is 2.37. The van der Waals surface area contributed by atoms with Crippen LogP contribution < -0.4 is 15.4 Å². The van der Waals surface area contributed by atoms with E-state index in [1.807, 2.05) is 30.3 Å². The van der Waals surface area contributed by atoms with Crippen molar-refractivity contribution in [3.05, 3.63) is 40.8 Å². The van der Waals surface area contributed by atoms with Crippen molar-refractivity contribution in [3.8, 4) is 11.1 Å². The van der Waals surface area contributed by atoms with Gasteiger partial charge < -0.3 is 10.1 Å². The summed E-state index contributed by atoms with van der Waals surface area (Å²) in [6, 6.07) is 9.29. The van der Waals surface area contributed by atoms with Gasteiger partial charge in [-0.25, -0.2) is 4.79 Å². The van der Waals surface area contributed by atoms with E-state index in [1.165, 1.54) is 25.4 Å². The molecule has 204 valence electrons. The molecule has 0 radical (unpaired) electrons. The summed E-state index contributed by atoms with van der Waals surface area (Å²) < 4.78 is 32.4. The highest BCUT2D eigenvalue weighted by Crippen LogP contribution is 2.38. The van der Waals surface area contributed by atoms with Gasteiger partial charge in [0.2, 0.25) is 0 Å². The third-order valence-corrected chi connectivity index (χ3v) is 8.26. The maximum Gasteiger partial charge on any atom is 0.357 e. The molecule has 0 bridgehead atoms. The van der Waals surface area contributed by atoms with Crippen LogP contribution in [0.5, 0.6) is 0 Å². The third-order valence-electron chi connectivity index (χ3n) is 5.95. The summed E-state index contributed by atoms with van der Waals surface area (Å²) in [5.74, 6) is -0.926. The second kappa shape index (κ2) is 12.7. The normalized spacial score (nSPS) is 13.3. The number of ketones is 1. The van der Waals surface area contributed by atoms with Gasteiger partial charge in [0.15, 0.2) is 11.3 Å². The number of hydrogen-bond donors (Lipinski definition) is 3. The fraction of sp³-hybridized carbons (Fsp3) is 0.500. The van der Waals surface area contributed by atoms with Crippen LogP contribution in [0.15, 0.2) is 30.3 Å². The summed E-state index contributed by atoms with van der Waals surface area (Å²) in [6.07, 6.45) is 0.762. The van der Waals surface area contributed by atoms with E-state index in [4.69, 9.17) is 4.74 Å². The Morgan fingerprint density at radius 1 is 1.08 bits per heavy atom. The Labute approximate surface area is 223 Å². The molecule has 1 heterocycles. The largest absolute Gasteiger partial charge is 0.467 e. The number of nitrogens with one attached hydrogen (secondary N) is 3. The van der Waals surface area contributed by atoms with Crippen molar-refractivity contribution in [2.24, 2.45) is 11.8 Å².